The lowest BCUT2D eigenvalue weighted by Gasteiger charge is -2.13. The predicted molar refractivity (Wildman–Crippen MR) is 256 cm³/mol. The number of hydrogen-bond acceptors (Lipinski definition) is 0. The van der Waals surface area contributed by atoms with E-state index in [1.807, 2.05) is 6.08 Å². The Kier molecular flexibility index (Phi) is 7.63. The molecule has 0 unspecified atom stereocenters. The molecular weight excluding hydrogens is 729 g/mol. The molecule has 60 heavy (non-hydrogen) atoms. The van der Waals surface area contributed by atoms with Gasteiger partial charge in [0.25, 0.3) is 0 Å². The molecule has 0 spiro atoms. The first-order valence-corrected chi connectivity index (χ1v) is 20.8. The lowest BCUT2D eigenvalue weighted by atomic mass is 10.1. The topological polar surface area (TPSA) is 19.7 Å². The highest BCUT2D eigenvalue weighted by molar-refractivity contribution is 6.26. The SMILES string of the molecule is C=Cc1c(/C=C\CC)c2ccc3c(c4ccccc4n3-c3cccc(-n4c5ccccc5c5c4ccc4c6ccccc6n(-c6ccccc6)c45)c3)c2n1-c1ccccc1. The van der Waals surface area contributed by atoms with E-state index in [9.17, 15) is 0 Å². The van der Waals surface area contributed by atoms with Gasteiger partial charge in [-0.3, -0.25) is 0 Å². The second-order valence-corrected chi connectivity index (χ2v) is 15.6. The summed E-state index contributed by atoms with van der Waals surface area (Å²) in [5.41, 5.74) is 15.1. The average molecular weight is 769 g/mol. The highest BCUT2D eigenvalue weighted by Crippen LogP contribution is 2.44. The van der Waals surface area contributed by atoms with Crippen LogP contribution in [0.4, 0.5) is 0 Å². The van der Waals surface area contributed by atoms with Gasteiger partial charge in [0.15, 0.2) is 0 Å². The number of fused-ring (bicyclic) bond motifs is 12. The molecule has 0 aliphatic heterocycles. The lowest BCUT2D eigenvalue weighted by Crippen LogP contribution is -1.99. The van der Waals surface area contributed by atoms with Crippen molar-refractivity contribution < 1.29 is 0 Å². The molecule has 4 nitrogen and oxygen atoms in total. The Morgan fingerprint density at radius 1 is 0.400 bits per heavy atom. The summed E-state index contributed by atoms with van der Waals surface area (Å²) in [5.74, 6) is 0. The molecule has 0 aliphatic carbocycles. The summed E-state index contributed by atoms with van der Waals surface area (Å²) in [5, 5.41) is 8.65. The largest absolute Gasteiger partial charge is 0.309 e. The Hall–Kier alpha value is -7.82. The van der Waals surface area contributed by atoms with Crippen molar-refractivity contribution in [3.63, 3.8) is 0 Å². The molecule has 0 atom stereocenters. The Balaban J connectivity index is 1.15. The van der Waals surface area contributed by atoms with E-state index < -0.39 is 0 Å². The molecule has 0 fully saturated rings. The molecule has 8 aromatic carbocycles. The fourth-order valence-electron chi connectivity index (χ4n) is 10.0. The molecular formula is C56H40N4. The maximum atomic E-state index is 4.34. The monoisotopic (exact) mass is 768 g/mol. The van der Waals surface area contributed by atoms with E-state index in [2.05, 4.69) is 226 Å². The van der Waals surface area contributed by atoms with Gasteiger partial charge in [-0.15, -0.1) is 0 Å². The minimum Gasteiger partial charge on any atom is -0.309 e. The molecule has 0 saturated heterocycles. The van der Waals surface area contributed by atoms with Crippen molar-refractivity contribution in [2.24, 2.45) is 0 Å². The van der Waals surface area contributed by atoms with Crippen LogP contribution in [0.1, 0.15) is 24.6 Å². The van der Waals surface area contributed by atoms with Crippen molar-refractivity contribution in [2.45, 2.75) is 13.3 Å². The minimum atomic E-state index is 0.958. The Labute approximate surface area is 347 Å². The molecule has 4 heterocycles. The summed E-state index contributed by atoms with van der Waals surface area (Å²) in [7, 11) is 0. The zero-order valence-corrected chi connectivity index (χ0v) is 33.3. The number of rotatable bonds is 7. The normalized spacial score (nSPS) is 12.2. The first-order chi connectivity index (χ1) is 29.7. The van der Waals surface area contributed by atoms with Gasteiger partial charge in [-0.2, -0.15) is 0 Å². The summed E-state index contributed by atoms with van der Waals surface area (Å²) < 4.78 is 9.76. The maximum Gasteiger partial charge on any atom is 0.0641 e. The Morgan fingerprint density at radius 2 is 0.867 bits per heavy atom. The van der Waals surface area contributed by atoms with Crippen molar-refractivity contribution in [3.8, 4) is 22.7 Å². The number of aromatic nitrogens is 4. The summed E-state index contributed by atoms with van der Waals surface area (Å²) in [6.07, 6.45) is 7.48. The second kappa shape index (κ2) is 13.4. The molecule has 0 saturated carbocycles. The van der Waals surface area contributed by atoms with Crippen LogP contribution in [0.25, 0.3) is 111 Å². The van der Waals surface area contributed by atoms with Crippen LogP contribution in [-0.2, 0) is 0 Å². The lowest BCUT2D eigenvalue weighted by molar-refractivity contribution is 1.11. The van der Waals surface area contributed by atoms with Crippen LogP contribution in [0.5, 0.6) is 0 Å². The van der Waals surface area contributed by atoms with Gasteiger partial charge in [-0.25, -0.2) is 0 Å². The van der Waals surface area contributed by atoms with Crippen molar-refractivity contribution in [3.05, 3.63) is 206 Å². The van der Waals surface area contributed by atoms with Crippen molar-refractivity contribution >= 4 is 88.5 Å². The van der Waals surface area contributed by atoms with E-state index >= 15 is 0 Å². The maximum absolute atomic E-state index is 4.34. The van der Waals surface area contributed by atoms with Gasteiger partial charge in [0.2, 0.25) is 0 Å². The van der Waals surface area contributed by atoms with Gasteiger partial charge in [-0.05, 0) is 85.3 Å². The van der Waals surface area contributed by atoms with Gasteiger partial charge in [0.05, 0.1) is 44.3 Å². The summed E-state index contributed by atoms with van der Waals surface area (Å²) in [6.45, 7) is 6.52. The molecule has 0 radical (unpaired) electrons. The van der Waals surface area contributed by atoms with Gasteiger partial charge < -0.3 is 18.3 Å². The van der Waals surface area contributed by atoms with Gasteiger partial charge in [-0.1, -0.05) is 135 Å². The number of nitrogens with zero attached hydrogens (tertiary/aromatic N) is 4. The third-order valence-corrected chi connectivity index (χ3v) is 12.4. The number of allylic oxidation sites excluding steroid dienone is 1. The summed E-state index contributed by atoms with van der Waals surface area (Å²) in [4.78, 5) is 0. The predicted octanol–water partition coefficient (Wildman–Crippen LogP) is 15.0. The molecule has 4 heteroatoms. The molecule has 4 aromatic heterocycles. The third-order valence-electron chi connectivity index (χ3n) is 12.4. The molecule has 12 aromatic rings. The van der Waals surface area contributed by atoms with Crippen LogP contribution in [-0.4, -0.2) is 18.3 Å². The van der Waals surface area contributed by atoms with E-state index in [0.29, 0.717) is 0 Å². The summed E-state index contributed by atoms with van der Waals surface area (Å²) in [6, 6.07) is 66.3. The number of hydrogen-bond donors (Lipinski definition) is 0. The third kappa shape index (κ3) is 4.79. The van der Waals surface area contributed by atoms with Crippen LogP contribution in [0.3, 0.4) is 0 Å². The fourth-order valence-corrected chi connectivity index (χ4v) is 10.0. The van der Waals surface area contributed by atoms with Crippen LogP contribution < -0.4 is 0 Å². The molecule has 284 valence electrons. The van der Waals surface area contributed by atoms with Gasteiger partial charge >= 0.3 is 0 Å². The van der Waals surface area contributed by atoms with E-state index in [1.165, 1.54) is 76.4 Å². The van der Waals surface area contributed by atoms with Crippen LogP contribution in [0, 0.1) is 0 Å². The minimum absolute atomic E-state index is 0.958. The zero-order chi connectivity index (χ0) is 39.9. The van der Waals surface area contributed by atoms with Crippen molar-refractivity contribution in [1.82, 2.24) is 18.3 Å². The van der Waals surface area contributed by atoms with Gasteiger partial charge in [0, 0.05) is 66.0 Å². The second-order valence-electron chi connectivity index (χ2n) is 15.6. The number of benzene rings is 8. The molecule has 12 rings (SSSR count). The Bertz CT molecular complexity index is 3700. The van der Waals surface area contributed by atoms with Crippen molar-refractivity contribution in [1.29, 1.82) is 0 Å². The van der Waals surface area contributed by atoms with Gasteiger partial charge in [0.1, 0.15) is 0 Å². The fraction of sp³-hybridized carbons (Fsp3) is 0.0357. The molecule has 0 bridgehead atoms. The van der Waals surface area contributed by atoms with E-state index in [-0.39, 0.29) is 0 Å². The van der Waals surface area contributed by atoms with E-state index in [0.717, 1.165) is 40.4 Å². The first-order valence-electron chi connectivity index (χ1n) is 20.8. The highest BCUT2D eigenvalue weighted by Gasteiger charge is 2.24. The van der Waals surface area contributed by atoms with Crippen LogP contribution >= 0.6 is 0 Å². The van der Waals surface area contributed by atoms with Crippen LogP contribution in [0.15, 0.2) is 195 Å². The number of para-hydroxylation sites is 5. The zero-order valence-electron chi connectivity index (χ0n) is 33.3. The molecule has 0 amide bonds. The van der Waals surface area contributed by atoms with Crippen LogP contribution in [0.2, 0.25) is 0 Å². The van der Waals surface area contributed by atoms with E-state index in [4.69, 9.17) is 0 Å². The van der Waals surface area contributed by atoms with Crippen molar-refractivity contribution in [2.75, 3.05) is 0 Å². The van der Waals surface area contributed by atoms with E-state index in [1.54, 1.807) is 0 Å². The Morgan fingerprint density at radius 3 is 1.43 bits per heavy atom. The summed E-state index contributed by atoms with van der Waals surface area (Å²) >= 11 is 0. The molecule has 0 aliphatic rings. The molecule has 0 N–H and O–H groups in total. The first kappa shape index (κ1) is 34.2. The standard InChI is InChI=1S/C56H40N4/c1-3-5-25-41-43-32-34-51-53(55(43)59(47(41)4-2)37-19-8-6-9-20-37)45-27-13-16-30-49(45)57(51)39-23-18-24-40(36-39)58-50-31-17-14-28-46(50)54-52(58)35-33-44-42-26-12-15-29-48(42)60(56(44)54)38-21-10-7-11-22-38/h4-36H,2-3H2,1H3/b25-5-. The average Bonchev–Trinajstić information content (AvgIpc) is 4.03. The quantitative estimate of drug-likeness (QED) is 0.154. The smallest absolute Gasteiger partial charge is 0.0641 e. The highest BCUT2D eigenvalue weighted by atomic mass is 15.0.